The van der Waals surface area contributed by atoms with Gasteiger partial charge in [0.1, 0.15) is 0 Å². The minimum absolute atomic E-state index is 0.209. The quantitative estimate of drug-likeness (QED) is 0.788. The third-order valence-corrected chi connectivity index (χ3v) is 4.43. The van der Waals surface area contributed by atoms with Crippen LogP contribution in [0.15, 0.2) is 23.1 Å². The SMILES string of the molecule is CN1CCN(c2ccc(S(C)(=O)=O)c(N)c2)CC1. The fraction of sp³-hybridized carbons (Fsp3) is 0.500. The molecule has 1 aliphatic rings. The number of nitrogen functional groups attached to an aromatic ring is 1. The van der Waals surface area contributed by atoms with Crippen molar-refractivity contribution in [1.29, 1.82) is 0 Å². The molecule has 1 aromatic rings. The largest absolute Gasteiger partial charge is 0.398 e. The fourth-order valence-corrected chi connectivity index (χ4v) is 2.94. The van der Waals surface area contributed by atoms with Gasteiger partial charge >= 0.3 is 0 Å². The van der Waals surface area contributed by atoms with Gasteiger partial charge in [-0.25, -0.2) is 8.42 Å². The van der Waals surface area contributed by atoms with Crippen molar-refractivity contribution < 1.29 is 8.42 Å². The first-order chi connectivity index (χ1) is 8.38. The summed E-state index contributed by atoms with van der Waals surface area (Å²) >= 11 is 0. The molecule has 1 saturated heterocycles. The average molecular weight is 269 g/mol. The molecule has 5 nitrogen and oxygen atoms in total. The number of nitrogens with zero attached hydrogens (tertiary/aromatic N) is 2. The zero-order valence-electron chi connectivity index (χ0n) is 10.8. The van der Waals surface area contributed by atoms with Gasteiger partial charge in [-0.1, -0.05) is 0 Å². The van der Waals surface area contributed by atoms with E-state index in [4.69, 9.17) is 5.73 Å². The van der Waals surface area contributed by atoms with Gasteiger partial charge in [-0.15, -0.1) is 0 Å². The van der Waals surface area contributed by atoms with E-state index in [1.165, 1.54) is 6.26 Å². The Morgan fingerprint density at radius 3 is 2.28 bits per heavy atom. The van der Waals surface area contributed by atoms with Crippen molar-refractivity contribution in [3.63, 3.8) is 0 Å². The number of likely N-dealkylation sites (N-methyl/N-ethyl adjacent to an activating group) is 1. The highest BCUT2D eigenvalue weighted by atomic mass is 32.2. The summed E-state index contributed by atoms with van der Waals surface area (Å²) in [4.78, 5) is 4.70. The van der Waals surface area contributed by atoms with Crippen LogP contribution in [0.3, 0.4) is 0 Å². The van der Waals surface area contributed by atoms with Gasteiger partial charge in [0.15, 0.2) is 9.84 Å². The van der Waals surface area contributed by atoms with E-state index in [9.17, 15) is 8.42 Å². The van der Waals surface area contributed by atoms with Gasteiger partial charge in [0, 0.05) is 38.1 Å². The van der Waals surface area contributed by atoms with E-state index in [0.717, 1.165) is 31.9 Å². The monoisotopic (exact) mass is 269 g/mol. The van der Waals surface area contributed by atoms with Crippen LogP contribution in [0.5, 0.6) is 0 Å². The Balaban J connectivity index is 2.24. The first-order valence-corrected chi connectivity index (χ1v) is 7.80. The minimum Gasteiger partial charge on any atom is -0.398 e. The van der Waals surface area contributed by atoms with Crippen molar-refractivity contribution in [2.45, 2.75) is 4.90 Å². The van der Waals surface area contributed by atoms with E-state index >= 15 is 0 Å². The lowest BCUT2D eigenvalue weighted by Crippen LogP contribution is -2.44. The van der Waals surface area contributed by atoms with Crippen LogP contribution in [0.4, 0.5) is 11.4 Å². The minimum atomic E-state index is -3.24. The normalized spacial score (nSPS) is 18.0. The molecule has 1 aliphatic heterocycles. The first kappa shape index (κ1) is 13.2. The van der Waals surface area contributed by atoms with Crippen LogP contribution in [0.1, 0.15) is 0 Å². The van der Waals surface area contributed by atoms with Crippen LogP contribution in [-0.2, 0) is 9.84 Å². The number of hydrogen-bond donors (Lipinski definition) is 1. The molecule has 0 atom stereocenters. The van der Waals surface area contributed by atoms with Gasteiger partial charge in [-0.05, 0) is 25.2 Å². The van der Waals surface area contributed by atoms with Gasteiger partial charge in [0.25, 0.3) is 0 Å². The molecule has 0 bridgehead atoms. The second-order valence-electron chi connectivity index (χ2n) is 4.78. The Bertz CT molecular complexity index is 534. The Labute approximate surface area is 108 Å². The first-order valence-electron chi connectivity index (χ1n) is 5.91. The highest BCUT2D eigenvalue weighted by molar-refractivity contribution is 7.90. The predicted molar refractivity (Wildman–Crippen MR) is 73.7 cm³/mol. The number of hydrogen-bond acceptors (Lipinski definition) is 5. The number of nitrogens with two attached hydrogens (primary N) is 1. The summed E-state index contributed by atoms with van der Waals surface area (Å²) in [5, 5.41) is 0. The Morgan fingerprint density at radius 2 is 1.78 bits per heavy atom. The van der Waals surface area contributed by atoms with Crippen LogP contribution in [0.25, 0.3) is 0 Å². The highest BCUT2D eigenvalue weighted by Crippen LogP contribution is 2.25. The third kappa shape index (κ3) is 2.76. The van der Waals surface area contributed by atoms with E-state index in [-0.39, 0.29) is 4.90 Å². The van der Waals surface area contributed by atoms with Crippen LogP contribution in [0, 0.1) is 0 Å². The second-order valence-corrected chi connectivity index (χ2v) is 6.77. The van der Waals surface area contributed by atoms with Crippen LogP contribution in [-0.4, -0.2) is 52.8 Å². The van der Waals surface area contributed by atoms with E-state index in [2.05, 4.69) is 16.8 Å². The van der Waals surface area contributed by atoms with Gasteiger partial charge < -0.3 is 15.5 Å². The number of benzene rings is 1. The summed E-state index contributed by atoms with van der Waals surface area (Å²) in [5.41, 5.74) is 7.15. The molecule has 0 saturated carbocycles. The Morgan fingerprint density at radius 1 is 1.17 bits per heavy atom. The maximum atomic E-state index is 11.5. The maximum absolute atomic E-state index is 11.5. The molecule has 1 heterocycles. The number of piperazine rings is 1. The third-order valence-electron chi connectivity index (χ3n) is 3.26. The van der Waals surface area contributed by atoms with Crippen molar-refractivity contribution in [3.8, 4) is 0 Å². The molecule has 2 N–H and O–H groups in total. The van der Waals surface area contributed by atoms with Gasteiger partial charge in [-0.3, -0.25) is 0 Å². The molecule has 0 amide bonds. The molecule has 6 heteroatoms. The summed E-state index contributed by atoms with van der Waals surface area (Å²) in [6.07, 6.45) is 1.17. The van der Waals surface area contributed by atoms with E-state index in [1.807, 2.05) is 6.07 Å². The summed E-state index contributed by atoms with van der Waals surface area (Å²) in [6.45, 7) is 3.89. The topological polar surface area (TPSA) is 66.6 Å². The van der Waals surface area contributed by atoms with Crippen molar-refractivity contribution in [2.75, 3.05) is 50.1 Å². The van der Waals surface area contributed by atoms with Crippen molar-refractivity contribution in [1.82, 2.24) is 4.90 Å². The molecule has 100 valence electrons. The van der Waals surface area contributed by atoms with E-state index in [0.29, 0.717) is 5.69 Å². The zero-order chi connectivity index (χ0) is 13.3. The van der Waals surface area contributed by atoms with Crippen LogP contribution in [0.2, 0.25) is 0 Å². The molecule has 1 aromatic carbocycles. The summed E-state index contributed by atoms with van der Waals surface area (Å²) < 4.78 is 23.0. The van der Waals surface area contributed by atoms with Crippen LogP contribution >= 0.6 is 0 Å². The Kier molecular flexibility index (Phi) is 3.49. The summed E-state index contributed by atoms with van der Waals surface area (Å²) in [6, 6.07) is 5.18. The predicted octanol–water partition coefficient (Wildman–Crippen LogP) is 0.424. The van der Waals surface area contributed by atoms with Gasteiger partial charge in [0.2, 0.25) is 0 Å². The summed E-state index contributed by atoms with van der Waals surface area (Å²) in [5.74, 6) is 0. The molecule has 1 fully saturated rings. The molecular weight excluding hydrogens is 250 g/mol. The number of sulfone groups is 1. The summed E-state index contributed by atoms with van der Waals surface area (Å²) in [7, 11) is -1.15. The highest BCUT2D eigenvalue weighted by Gasteiger charge is 2.17. The fourth-order valence-electron chi connectivity index (χ4n) is 2.13. The van der Waals surface area contributed by atoms with Gasteiger partial charge in [0.05, 0.1) is 10.6 Å². The lowest BCUT2D eigenvalue weighted by atomic mass is 10.2. The molecular formula is C12H19N3O2S. The lowest BCUT2D eigenvalue weighted by molar-refractivity contribution is 0.313. The van der Waals surface area contributed by atoms with Crippen molar-refractivity contribution in [3.05, 3.63) is 18.2 Å². The molecule has 0 spiro atoms. The molecule has 0 aromatic heterocycles. The maximum Gasteiger partial charge on any atom is 0.177 e. The van der Waals surface area contributed by atoms with Crippen molar-refractivity contribution in [2.24, 2.45) is 0 Å². The molecule has 0 unspecified atom stereocenters. The van der Waals surface area contributed by atoms with Crippen LogP contribution < -0.4 is 10.6 Å². The Hall–Kier alpha value is -1.27. The number of anilines is 2. The lowest BCUT2D eigenvalue weighted by Gasteiger charge is -2.34. The smallest absolute Gasteiger partial charge is 0.177 e. The van der Waals surface area contributed by atoms with Gasteiger partial charge in [-0.2, -0.15) is 0 Å². The molecule has 2 rings (SSSR count). The zero-order valence-corrected chi connectivity index (χ0v) is 11.6. The molecule has 18 heavy (non-hydrogen) atoms. The van der Waals surface area contributed by atoms with Crippen molar-refractivity contribution >= 4 is 21.2 Å². The second kappa shape index (κ2) is 4.78. The standard InChI is InChI=1S/C12H19N3O2S/c1-14-5-7-15(8-6-14)10-3-4-12(11(13)9-10)18(2,16)17/h3-4,9H,5-8,13H2,1-2H3. The average Bonchev–Trinajstić information content (AvgIpc) is 2.28. The van der Waals surface area contributed by atoms with E-state index < -0.39 is 9.84 Å². The van der Waals surface area contributed by atoms with E-state index in [1.54, 1.807) is 12.1 Å². The molecule has 0 aliphatic carbocycles. The number of rotatable bonds is 2. The molecule has 0 radical (unpaired) electrons.